The van der Waals surface area contributed by atoms with Crippen molar-refractivity contribution in [2.75, 3.05) is 7.11 Å². The molecular weight excluding hydrogens is 184 g/mol. The Morgan fingerprint density at radius 2 is 2.07 bits per heavy atom. The summed E-state index contributed by atoms with van der Waals surface area (Å²) < 4.78 is 9.27. The third kappa shape index (κ3) is 2.58. The van der Waals surface area contributed by atoms with Gasteiger partial charge >= 0.3 is 11.9 Å². The summed E-state index contributed by atoms with van der Waals surface area (Å²) in [5, 5.41) is 0. The molecule has 4 nitrogen and oxygen atoms in total. The number of hydrogen-bond donors (Lipinski definition) is 0. The Kier molecular flexibility index (Phi) is 3.23. The number of benzene rings is 1. The van der Waals surface area contributed by atoms with E-state index in [9.17, 15) is 9.59 Å². The number of methoxy groups -OCH3 is 1. The predicted molar refractivity (Wildman–Crippen MR) is 47.9 cm³/mol. The summed E-state index contributed by atoms with van der Waals surface area (Å²) in [5.41, 5.74) is 0.297. The van der Waals surface area contributed by atoms with E-state index in [0.29, 0.717) is 5.56 Å². The van der Waals surface area contributed by atoms with Crippen molar-refractivity contribution >= 4 is 11.9 Å². The third-order valence-corrected chi connectivity index (χ3v) is 1.44. The molecule has 1 radical (unpaired) electrons. The highest BCUT2D eigenvalue weighted by Gasteiger charge is 2.06. The molecule has 0 aliphatic rings. The van der Waals surface area contributed by atoms with Crippen LogP contribution in [0.3, 0.4) is 0 Å². The molecule has 0 aliphatic carbocycles. The van der Waals surface area contributed by atoms with Crippen LogP contribution in [-0.4, -0.2) is 19.0 Å². The maximum atomic E-state index is 11.1. The van der Waals surface area contributed by atoms with Crippen LogP contribution in [0.5, 0.6) is 5.75 Å². The molecular formula is C10H9O4. The SMILES string of the molecule is COC(=O)c1c[c]cc(OC(C)=O)c1. The first-order valence-electron chi connectivity index (χ1n) is 3.91. The van der Waals surface area contributed by atoms with Crippen molar-refractivity contribution in [3.8, 4) is 5.75 Å². The van der Waals surface area contributed by atoms with Crippen LogP contribution in [0.1, 0.15) is 17.3 Å². The van der Waals surface area contributed by atoms with Gasteiger partial charge in [0, 0.05) is 6.92 Å². The molecule has 1 rings (SSSR count). The van der Waals surface area contributed by atoms with Gasteiger partial charge in [0.2, 0.25) is 0 Å². The van der Waals surface area contributed by atoms with Crippen molar-refractivity contribution in [3.05, 3.63) is 29.8 Å². The van der Waals surface area contributed by atoms with Crippen molar-refractivity contribution in [2.45, 2.75) is 6.92 Å². The van der Waals surface area contributed by atoms with Gasteiger partial charge in [-0.3, -0.25) is 4.79 Å². The second kappa shape index (κ2) is 4.41. The van der Waals surface area contributed by atoms with Crippen LogP contribution >= 0.6 is 0 Å². The lowest BCUT2D eigenvalue weighted by Crippen LogP contribution is -2.04. The Morgan fingerprint density at radius 3 is 2.64 bits per heavy atom. The molecule has 1 aromatic carbocycles. The van der Waals surface area contributed by atoms with Crippen LogP contribution in [0.2, 0.25) is 0 Å². The number of rotatable bonds is 2. The van der Waals surface area contributed by atoms with Crippen LogP contribution in [0, 0.1) is 6.07 Å². The van der Waals surface area contributed by atoms with E-state index in [1.54, 1.807) is 0 Å². The highest BCUT2D eigenvalue weighted by atomic mass is 16.5. The summed E-state index contributed by atoms with van der Waals surface area (Å²) in [5.74, 6) is -0.656. The van der Waals surface area contributed by atoms with E-state index in [4.69, 9.17) is 4.74 Å². The number of hydrogen-bond acceptors (Lipinski definition) is 4. The Morgan fingerprint density at radius 1 is 1.36 bits per heavy atom. The Balaban J connectivity index is 2.89. The molecule has 0 unspecified atom stereocenters. The van der Waals surface area contributed by atoms with Crippen LogP contribution < -0.4 is 4.74 Å². The van der Waals surface area contributed by atoms with Crippen LogP contribution in [0.4, 0.5) is 0 Å². The minimum absolute atomic E-state index is 0.278. The highest BCUT2D eigenvalue weighted by molar-refractivity contribution is 5.89. The standard InChI is InChI=1S/C10H9O4/c1-7(11)14-9-5-3-4-8(6-9)10(12)13-2/h4-6H,1-2H3. The lowest BCUT2D eigenvalue weighted by molar-refractivity contribution is -0.131. The maximum Gasteiger partial charge on any atom is 0.338 e. The molecule has 0 saturated carbocycles. The average molecular weight is 193 g/mol. The van der Waals surface area contributed by atoms with E-state index >= 15 is 0 Å². The summed E-state index contributed by atoms with van der Waals surface area (Å²) in [4.78, 5) is 21.7. The molecule has 0 aliphatic heterocycles. The van der Waals surface area contributed by atoms with Crippen molar-refractivity contribution in [2.24, 2.45) is 0 Å². The molecule has 0 bridgehead atoms. The molecule has 0 N–H and O–H groups in total. The molecule has 0 spiro atoms. The monoisotopic (exact) mass is 193 g/mol. The summed E-state index contributed by atoms with van der Waals surface area (Å²) in [6, 6.07) is 7.02. The molecule has 0 aromatic heterocycles. The fourth-order valence-corrected chi connectivity index (χ4v) is 0.911. The number of esters is 2. The average Bonchev–Trinajstić information content (AvgIpc) is 2.16. The molecule has 1 aromatic rings. The highest BCUT2D eigenvalue weighted by Crippen LogP contribution is 2.13. The number of carbonyl (C=O) groups excluding carboxylic acids is 2. The molecule has 0 saturated heterocycles. The van der Waals surface area contributed by atoms with Crippen LogP contribution in [0.15, 0.2) is 18.2 Å². The lowest BCUT2D eigenvalue weighted by Gasteiger charge is -2.02. The quantitative estimate of drug-likeness (QED) is 0.523. The Labute approximate surface area is 81.4 Å². The fourth-order valence-electron chi connectivity index (χ4n) is 0.911. The van der Waals surface area contributed by atoms with Crippen molar-refractivity contribution in [3.63, 3.8) is 0 Å². The second-order valence-corrected chi connectivity index (χ2v) is 2.54. The number of ether oxygens (including phenoxy) is 2. The Bertz CT molecular complexity index is 357. The van der Waals surface area contributed by atoms with Crippen molar-refractivity contribution < 1.29 is 19.1 Å². The van der Waals surface area contributed by atoms with Crippen LogP contribution in [0.25, 0.3) is 0 Å². The summed E-state index contributed by atoms with van der Waals surface area (Å²) in [7, 11) is 1.28. The van der Waals surface area contributed by atoms with E-state index < -0.39 is 11.9 Å². The lowest BCUT2D eigenvalue weighted by atomic mass is 10.2. The molecule has 4 heteroatoms. The van der Waals surface area contributed by atoms with Gasteiger partial charge in [0.15, 0.2) is 0 Å². The largest absolute Gasteiger partial charge is 0.465 e. The van der Waals surface area contributed by atoms with Gasteiger partial charge in [-0.2, -0.15) is 0 Å². The van der Waals surface area contributed by atoms with E-state index in [1.807, 2.05) is 0 Å². The first kappa shape index (κ1) is 10.2. The minimum atomic E-state index is -0.491. The molecule has 0 fully saturated rings. The van der Waals surface area contributed by atoms with Gasteiger partial charge in [0.25, 0.3) is 0 Å². The zero-order chi connectivity index (χ0) is 10.6. The van der Waals surface area contributed by atoms with Gasteiger partial charge in [0.05, 0.1) is 12.7 Å². The van der Waals surface area contributed by atoms with Crippen LogP contribution in [-0.2, 0) is 9.53 Å². The van der Waals surface area contributed by atoms with Crippen molar-refractivity contribution in [1.29, 1.82) is 0 Å². The zero-order valence-corrected chi connectivity index (χ0v) is 7.87. The van der Waals surface area contributed by atoms with Gasteiger partial charge in [0.1, 0.15) is 5.75 Å². The topological polar surface area (TPSA) is 52.6 Å². The third-order valence-electron chi connectivity index (χ3n) is 1.44. The summed E-state index contributed by atoms with van der Waals surface area (Å²) >= 11 is 0. The summed E-state index contributed by atoms with van der Waals surface area (Å²) in [6.45, 7) is 1.28. The normalized spacial score (nSPS) is 9.29. The smallest absolute Gasteiger partial charge is 0.338 e. The molecule has 0 heterocycles. The predicted octanol–water partition coefficient (Wildman–Crippen LogP) is 1.20. The van der Waals surface area contributed by atoms with Crippen molar-refractivity contribution in [1.82, 2.24) is 0 Å². The Hall–Kier alpha value is -1.84. The first-order valence-corrected chi connectivity index (χ1v) is 3.91. The van der Waals surface area contributed by atoms with Gasteiger partial charge in [-0.15, -0.1) is 0 Å². The van der Waals surface area contributed by atoms with E-state index in [0.717, 1.165) is 0 Å². The number of carbonyl (C=O) groups is 2. The van der Waals surface area contributed by atoms with Gasteiger partial charge in [-0.05, 0) is 24.3 Å². The molecule has 14 heavy (non-hydrogen) atoms. The van der Waals surface area contributed by atoms with Gasteiger partial charge in [-0.1, -0.05) is 0 Å². The van der Waals surface area contributed by atoms with E-state index in [-0.39, 0.29) is 5.75 Å². The fraction of sp³-hybridized carbons (Fsp3) is 0.200. The van der Waals surface area contributed by atoms with Gasteiger partial charge < -0.3 is 9.47 Å². The molecule has 0 atom stereocenters. The maximum absolute atomic E-state index is 11.1. The first-order chi connectivity index (χ1) is 6.63. The summed E-state index contributed by atoms with van der Waals surface area (Å²) in [6.07, 6.45) is 0. The minimum Gasteiger partial charge on any atom is -0.465 e. The van der Waals surface area contributed by atoms with Gasteiger partial charge in [-0.25, -0.2) is 4.79 Å². The molecule has 73 valence electrons. The van der Waals surface area contributed by atoms with E-state index in [2.05, 4.69) is 10.8 Å². The second-order valence-electron chi connectivity index (χ2n) is 2.54. The zero-order valence-electron chi connectivity index (χ0n) is 7.87. The molecule has 0 amide bonds. The van der Waals surface area contributed by atoms with E-state index in [1.165, 1.54) is 32.2 Å².